The molecule has 0 aliphatic rings. The molecule has 0 bridgehead atoms. The van der Waals surface area contributed by atoms with Gasteiger partial charge in [-0.15, -0.1) is 0 Å². The minimum atomic E-state index is 0.590. The van der Waals surface area contributed by atoms with Crippen molar-refractivity contribution in [2.24, 2.45) is 0 Å². The van der Waals surface area contributed by atoms with E-state index in [-0.39, 0.29) is 0 Å². The first kappa shape index (κ1) is 15.5. The SMILES string of the molecule is COc1ccc2cc(CN(C)CCN(C)C)c(N)nc2c1. The normalized spacial score (nSPS) is 11.5. The molecule has 0 aliphatic carbocycles. The van der Waals surface area contributed by atoms with Crippen LogP contribution in [-0.4, -0.2) is 56.1 Å². The number of fused-ring (bicyclic) bond motifs is 1. The summed E-state index contributed by atoms with van der Waals surface area (Å²) in [6.07, 6.45) is 0. The van der Waals surface area contributed by atoms with Gasteiger partial charge in [0.2, 0.25) is 0 Å². The molecule has 0 saturated heterocycles. The number of methoxy groups -OCH3 is 1. The van der Waals surface area contributed by atoms with E-state index in [9.17, 15) is 0 Å². The van der Waals surface area contributed by atoms with Crippen molar-refractivity contribution in [2.75, 3.05) is 47.1 Å². The van der Waals surface area contributed by atoms with E-state index in [2.05, 4.69) is 42.0 Å². The summed E-state index contributed by atoms with van der Waals surface area (Å²) in [6.45, 7) is 2.82. The molecule has 0 fully saturated rings. The number of likely N-dealkylation sites (N-methyl/N-ethyl adjacent to an activating group) is 2. The van der Waals surface area contributed by atoms with E-state index in [1.807, 2.05) is 18.2 Å². The van der Waals surface area contributed by atoms with Crippen LogP contribution in [0.4, 0.5) is 5.82 Å². The fourth-order valence-electron chi connectivity index (χ4n) is 2.20. The molecule has 2 rings (SSSR count). The Balaban J connectivity index is 2.18. The molecule has 2 aromatic rings. The van der Waals surface area contributed by atoms with Crippen LogP contribution in [0.5, 0.6) is 5.75 Å². The second-order valence-corrected chi connectivity index (χ2v) is 5.63. The fourth-order valence-corrected chi connectivity index (χ4v) is 2.20. The number of nitrogen functional groups attached to an aromatic ring is 1. The van der Waals surface area contributed by atoms with Gasteiger partial charge in [-0.1, -0.05) is 0 Å². The third-order valence-corrected chi connectivity index (χ3v) is 3.51. The van der Waals surface area contributed by atoms with Crippen molar-refractivity contribution in [1.29, 1.82) is 0 Å². The van der Waals surface area contributed by atoms with Gasteiger partial charge < -0.3 is 20.3 Å². The lowest BCUT2D eigenvalue weighted by atomic mass is 10.1. The van der Waals surface area contributed by atoms with Crippen molar-refractivity contribution in [3.05, 3.63) is 29.8 Å². The van der Waals surface area contributed by atoms with Crippen molar-refractivity contribution in [3.63, 3.8) is 0 Å². The molecule has 1 aromatic carbocycles. The minimum Gasteiger partial charge on any atom is -0.497 e. The summed E-state index contributed by atoms with van der Waals surface area (Å²) in [5, 5.41) is 1.08. The third kappa shape index (κ3) is 4.06. The molecule has 0 unspecified atom stereocenters. The Hall–Kier alpha value is -1.85. The largest absolute Gasteiger partial charge is 0.497 e. The smallest absolute Gasteiger partial charge is 0.128 e. The Kier molecular flexibility index (Phi) is 4.98. The van der Waals surface area contributed by atoms with Gasteiger partial charge in [-0.3, -0.25) is 0 Å². The topological polar surface area (TPSA) is 54.6 Å². The number of hydrogen-bond acceptors (Lipinski definition) is 5. The zero-order valence-electron chi connectivity index (χ0n) is 13.3. The Morgan fingerprint density at radius 1 is 1.14 bits per heavy atom. The first-order valence-electron chi connectivity index (χ1n) is 7.06. The van der Waals surface area contributed by atoms with Crippen LogP contribution in [0.3, 0.4) is 0 Å². The number of rotatable bonds is 6. The first-order chi connectivity index (χ1) is 9.99. The second kappa shape index (κ2) is 6.74. The van der Waals surface area contributed by atoms with Gasteiger partial charge in [-0.05, 0) is 39.3 Å². The zero-order chi connectivity index (χ0) is 15.4. The summed E-state index contributed by atoms with van der Waals surface area (Å²) in [4.78, 5) is 8.92. The first-order valence-corrected chi connectivity index (χ1v) is 7.06. The van der Waals surface area contributed by atoms with Gasteiger partial charge in [0, 0.05) is 36.7 Å². The van der Waals surface area contributed by atoms with Gasteiger partial charge in [0.05, 0.1) is 12.6 Å². The Morgan fingerprint density at radius 2 is 1.90 bits per heavy atom. The lowest BCUT2D eigenvalue weighted by Crippen LogP contribution is -2.28. The molecule has 0 spiro atoms. The summed E-state index contributed by atoms with van der Waals surface area (Å²) < 4.78 is 5.22. The standard InChI is InChI=1S/C16H24N4O/c1-19(2)7-8-20(3)11-13-9-12-5-6-14(21-4)10-15(12)18-16(13)17/h5-6,9-10H,7-8,11H2,1-4H3,(H2,17,18). The van der Waals surface area contributed by atoms with E-state index in [0.29, 0.717) is 5.82 Å². The fraction of sp³-hybridized carbons (Fsp3) is 0.438. The van der Waals surface area contributed by atoms with Crippen molar-refractivity contribution >= 4 is 16.7 Å². The molecule has 0 atom stereocenters. The van der Waals surface area contributed by atoms with Crippen LogP contribution in [-0.2, 0) is 6.54 Å². The Bertz CT molecular complexity index is 612. The quantitative estimate of drug-likeness (QED) is 0.878. The van der Waals surface area contributed by atoms with Gasteiger partial charge in [0.25, 0.3) is 0 Å². The van der Waals surface area contributed by atoms with Gasteiger partial charge in [0.1, 0.15) is 11.6 Å². The molecule has 5 nitrogen and oxygen atoms in total. The Morgan fingerprint density at radius 3 is 2.57 bits per heavy atom. The number of pyridine rings is 1. The van der Waals surface area contributed by atoms with E-state index in [1.165, 1.54) is 0 Å². The van der Waals surface area contributed by atoms with E-state index in [4.69, 9.17) is 10.5 Å². The molecule has 0 saturated carbocycles. The highest BCUT2D eigenvalue weighted by molar-refractivity contribution is 5.82. The van der Waals surface area contributed by atoms with Crippen molar-refractivity contribution < 1.29 is 4.74 Å². The van der Waals surface area contributed by atoms with Crippen LogP contribution >= 0.6 is 0 Å². The van der Waals surface area contributed by atoms with Gasteiger partial charge in [0.15, 0.2) is 0 Å². The average molecular weight is 288 g/mol. The minimum absolute atomic E-state index is 0.590. The predicted molar refractivity (Wildman–Crippen MR) is 87.6 cm³/mol. The van der Waals surface area contributed by atoms with Crippen LogP contribution < -0.4 is 10.5 Å². The number of nitrogens with two attached hydrogens (primary N) is 1. The number of hydrogen-bond donors (Lipinski definition) is 1. The molecule has 1 aromatic heterocycles. The van der Waals surface area contributed by atoms with Gasteiger partial charge in [-0.2, -0.15) is 0 Å². The van der Waals surface area contributed by atoms with Crippen molar-refractivity contribution in [2.45, 2.75) is 6.54 Å². The monoisotopic (exact) mass is 288 g/mol. The highest BCUT2D eigenvalue weighted by Gasteiger charge is 2.08. The van der Waals surface area contributed by atoms with E-state index >= 15 is 0 Å². The predicted octanol–water partition coefficient (Wildman–Crippen LogP) is 1.82. The molecule has 0 aliphatic heterocycles. The summed E-state index contributed by atoms with van der Waals surface area (Å²) >= 11 is 0. The molecule has 1 heterocycles. The molecule has 21 heavy (non-hydrogen) atoms. The zero-order valence-corrected chi connectivity index (χ0v) is 13.3. The van der Waals surface area contributed by atoms with E-state index in [0.717, 1.165) is 41.9 Å². The van der Waals surface area contributed by atoms with Crippen molar-refractivity contribution in [1.82, 2.24) is 14.8 Å². The second-order valence-electron chi connectivity index (χ2n) is 5.63. The molecule has 114 valence electrons. The number of ether oxygens (including phenoxy) is 1. The van der Waals surface area contributed by atoms with Crippen molar-refractivity contribution in [3.8, 4) is 5.75 Å². The van der Waals surface area contributed by atoms with Crippen LogP contribution in [0.15, 0.2) is 24.3 Å². The maximum atomic E-state index is 6.09. The summed E-state index contributed by atoms with van der Waals surface area (Å²) in [6, 6.07) is 7.98. The molecule has 0 amide bonds. The summed E-state index contributed by atoms with van der Waals surface area (Å²) in [7, 11) is 7.90. The maximum absolute atomic E-state index is 6.09. The van der Waals surface area contributed by atoms with Crippen LogP contribution in [0.1, 0.15) is 5.56 Å². The van der Waals surface area contributed by atoms with Gasteiger partial charge >= 0.3 is 0 Å². The van der Waals surface area contributed by atoms with Gasteiger partial charge in [-0.25, -0.2) is 4.98 Å². The average Bonchev–Trinajstić information content (AvgIpc) is 2.45. The van der Waals surface area contributed by atoms with Crippen LogP contribution in [0.25, 0.3) is 10.9 Å². The summed E-state index contributed by atoms with van der Waals surface area (Å²) in [5.74, 6) is 1.39. The van der Waals surface area contributed by atoms with E-state index < -0.39 is 0 Å². The molecule has 0 radical (unpaired) electrons. The van der Waals surface area contributed by atoms with E-state index in [1.54, 1.807) is 7.11 Å². The molecular formula is C16H24N4O. The highest BCUT2D eigenvalue weighted by Crippen LogP contribution is 2.23. The number of nitrogens with zero attached hydrogens (tertiary/aromatic N) is 3. The lowest BCUT2D eigenvalue weighted by Gasteiger charge is -2.20. The van der Waals surface area contributed by atoms with Crippen LogP contribution in [0.2, 0.25) is 0 Å². The Labute approximate surface area is 126 Å². The third-order valence-electron chi connectivity index (χ3n) is 3.51. The molecule has 5 heteroatoms. The summed E-state index contributed by atoms with van der Waals surface area (Å²) in [5.41, 5.74) is 8.02. The maximum Gasteiger partial charge on any atom is 0.128 e. The molecular weight excluding hydrogens is 264 g/mol. The number of anilines is 1. The highest BCUT2D eigenvalue weighted by atomic mass is 16.5. The lowest BCUT2D eigenvalue weighted by molar-refractivity contribution is 0.276. The number of benzene rings is 1. The molecule has 2 N–H and O–H groups in total. The van der Waals surface area contributed by atoms with Crippen LogP contribution in [0, 0.1) is 0 Å². The number of aromatic nitrogens is 1.